The Morgan fingerprint density at radius 1 is 1.12 bits per heavy atom. The number of likely N-dealkylation sites (N-methyl/N-ethyl adjacent to an activating group) is 2. The van der Waals surface area contributed by atoms with E-state index in [0.717, 1.165) is 6.54 Å². The van der Waals surface area contributed by atoms with Crippen LogP contribution in [0.5, 0.6) is 5.75 Å². The van der Waals surface area contributed by atoms with E-state index in [2.05, 4.69) is 29.4 Å². The van der Waals surface area contributed by atoms with Gasteiger partial charge in [-0.2, -0.15) is 0 Å². The molecule has 0 spiro atoms. The van der Waals surface area contributed by atoms with Crippen LogP contribution in [0.15, 0.2) is 42.5 Å². The van der Waals surface area contributed by atoms with Crippen molar-refractivity contribution in [1.82, 2.24) is 9.80 Å². The maximum Gasteiger partial charge on any atom is 0.323 e. The zero-order chi connectivity index (χ0) is 24.8. The number of rotatable bonds is 3. The molecule has 0 aromatic heterocycles. The number of nitrogens with one attached hydrogen (secondary N) is 2. The van der Waals surface area contributed by atoms with Crippen LogP contribution in [0.1, 0.15) is 24.2 Å². The molecule has 0 aliphatic carbocycles. The summed E-state index contributed by atoms with van der Waals surface area (Å²) in [5, 5.41) is 5.13. The van der Waals surface area contributed by atoms with E-state index < -0.39 is 11.8 Å². The SMILES string of the molecule is CO[C@H]1CN(C)C(=O)c2cc(NC(=O)Nc3ccccc3F)ccc2OC[C@@H](C)N(C)C[C@@H]1C. The number of urea groups is 1. The fraction of sp³-hybridized carbons (Fsp3) is 0.440. The number of carbonyl (C=O) groups is 2. The smallest absolute Gasteiger partial charge is 0.323 e. The molecule has 184 valence electrons. The molecule has 2 aromatic rings. The zero-order valence-corrected chi connectivity index (χ0v) is 20.3. The molecule has 34 heavy (non-hydrogen) atoms. The van der Waals surface area contributed by atoms with E-state index >= 15 is 0 Å². The van der Waals surface area contributed by atoms with Crippen LogP contribution in [-0.2, 0) is 4.74 Å². The predicted octanol–water partition coefficient (Wildman–Crippen LogP) is 3.91. The van der Waals surface area contributed by atoms with Gasteiger partial charge in [0.25, 0.3) is 5.91 Å². The molecule has 2 aromatic carbocycles. The van der Waals surface area contributed by atoms with Gasteiger partial charge < -0.3 is 25.0 Å². The number of halogens is 1. The maximum atomic E-state index is 13.8. The second-order valence-electron chi connectivity index (χ2n) is 8.81. The highest BCUT2D eigenvalue weighted by Gasteiger charge is 2.27. The first-order valence-corrected chi connectivity index (χ1v) is 11.3. The highest BCUT2D eigenvalue weighted by Crippen LogP contribution is 2.26. The Bertz CT molecular complexity index is 1020. The Balaban J connectivity index is 1.85. The lowest BCUT2D eigenvalue weighted by Gasteiger charge is -2.34. The molecule has 3 rings (SSSR count). The van der Waals surface area contributed by atoms with E-state index in [1.54, 1.807) is 43.3 Å². The van der Waals surface area contributed by atoms with E-state index in [-0.39, 0.29) is 29.7 Å². The predicted molar refractivity (Wildman–Crippen MR) is 130 cm³/mol. The molecule has 1 aliphatic rings. The summed E-state index contributed by atoms with van der Waals surface area (Å²) in [6, 6.07) is 10.3. The average Bonchev–Trinajstić information content (AvgIpc) is 2.81. The highest BCUT2D eigenvalue weighted by molar-refractivity contribution is 6.02. The van der Waals surface area contributed by atoms with Crippen molar-refractivity contribution >= 4 is 23.3 Å². The van der Waals surface area contributed by atoms with Crippen molar-refractivity contribution in [2.24, 2.45) is 5.92 Å². The molecule has 1 aliphatic heterocycles. The Hall–Kier alpha value is -3.17. The van der Waals surface area contributed by atoms with Gasteiger partial charge in [-0.15, -0.1) is 0 Å². The standard InChI is InChI=1S/C25H33FN4O4/c1-16-13-29(3)17(2)15-34-22-11-10-18(12-19(22)24(31)30(4)14-23(16)33-5)27-25(32)28-21-9-7-6-8-20(21)26/h6-12,16-17,23H,13-15H2,1-5H3,(H2,27,28,32)/t16-,17+,23-/m0/s1. The van der Waals surface area contributed by atoms with Crippen LogP contribution in [0.4, 0.5) is 20.6 Å². The number of nitrogens with zero attached hydrogens (tertiary/aromatic N) is 2. The largest absolute Gasteiger partial charge is 0.491 e. The molecule has 1 heterocycles. The molecule has 0 saturated carbocycles. The molecule has 0 bridgehead atoms. The van der Waals surface area contributed by atoms with E-state index in [1.165, 1.54) is 18.2 Å². The second-order valence-corrected chi connectivity index (χ2v) is 8.81. The molecule has 3 amide bonds. The molecule has 0 radical (unpaired) electrons. The molecule has 8 nitrogen and oxygen atoms in total. The summed E-state index contributed by atoms with van der Waals surface area (Å²) in [4.78, 5) is 29.6. The van der Waals surface area contributed by atoms with Crippen molar-refractivity contribution in [1.29, 1.82) is 0 Å². The number of para-hydroxylation sites is 1. The zero-order valence-electron chi connectivity index (χ0n) is 20.3. The average molecular weight is 473 g/mol. The summed E-state index contributed by atoms with van der Waals surface area (Å²) in [6.07, 6.45) is -0.139. The van der Waals surface area contributed by atoms with Gasteiger partial charge in [-0.25, -0.2) is 9.18 Å². The van der Waals surface area contributed by atoms with Gasteiger partial charge in [-0.1, -0.05) is 19.1 Å². The lowest BCUT2D eigenvalue weighted by Crippen LogP contribution is -2.45. The van der Waals surface area contributed by atoms with Gasteiger partial charge in [0.2, 0.25) is 0 Å². The van der Waals surface area contributed by atoms with Crippen molar-refractivity contribution in [3.05, 3.63) is 53.8 Å². The minimum atomic E-state index is -0.622. The van der Waals surface area contributed by atoms with Gasteiger partial charge in [0.1, 0.15) is 18.2 Å². The van der Waals surface area contributed by atoms with E-state index in [1.807, 2.05) is 7.05 Å². The molecular formula is C25H33FN4O4. The van der Waals surface area contributed by atoms with Crippen molar-refractivity contribution in [2.75, 3.05) is 51.5 Å². The first-order chi connectivity index (χ1) is 16.2. The van der Waals surface area contributed by atoms with Crippen LogP contribution in [0, 0.1) is 11.7 Å². The van der Waals surface area contributed by atoms with Gasteiger partial charge in [0.05, 0.1) is 17.4 Å². The third-order valence-corrected chi connectivity index (χ3v) is 6.14. The monoisotopic (exact) mass is 472 g/mol. The molecule has 3 atom stereocenters. The highest BCUT2D eigenvalue weighted by atomic mass is 19.1. The molecule has 9 heteroatoms. The topological polar surface area (TPSA) is 83.1 Å². The lowest BCUT2D eigenvalue weighted by atomic mass is 10.0. The van der Waals surface area contributed by atoms with E-state index in [4.69, 9.17) is 9.47 Å². The number of methoxy groups -OCH3 is 1. The first kappa shape index (κ1) is 25.5. The summed E-state index contributed by atoms with van der Waals surface area (Å²) in [5.41, 5.74) is 0.763. The van der Waals surface area contributed by atoms with Crippen molar-refractivity contribution in [3.8, 4) is 5.75 Å². The normalized spacial score (nSPS) is 22.1. The first-order valence-electron chi connectivity index (χ1n) is 11.3. The molecular weight excluding hydrogens is 439 g/mol. The van der Waals surface area contributed by atoms with Gasteiger partial charge in [0.15, 0.2) is 0 Å². The molecule has 0 unspecified atom stereocenters. The van der Waals surface area contributed by atoms with E-state index in [9.17, 15) is 14.0 Å². The van der Waals surface area contributed by atoms with Crippen LogP contribution in [-0.4, -0.2) is 74.8 Å². The Morgan fingerprint density at radius 3 is 2.56 bits per heavy atom. The number of hydrogen-bond donors (Lipinski definition) is 2. The second kappa shape index (κ2) is 11.3. The molecule has 0 saturated heterocycles. The number of carbonyl (C=O) groups excluding carboxylic acids is 2. The molecule has 2 N–H and O–H groups in total. The van der Waals surface area contributed by atoms with Gasteiger partial charge >= 0.3 is 6.03 Å². The number of amides is 3. The van der Waals surface area contributed by atoms with Crippen molar-refractivity contribution in [2.45, 2.75) is 26.0 Å². The number of fused-ring (bicyclic) bond motifs is 1. The van der Waals surface area contributed by atoms with Crippen LogP contribution in [0.25, 0.3) is 0 Å². The molecule has 0 fully saturated rings. The summed E-state index contributed by atoms with van der Waals surface area (Å²) < 4.78 is 25.6. The summed E-state index contributed by atoms with van der Waals surface area (Å²) >= 11 is 0. The number of anilines is 2. The lowest BCUT2D eigenvalue weighted by molar-refractivity contribution is 0.0150. The Kier molecular flexibility index (Phi) is 8.46. The van der Waals surface area contributed by atoms with Crippen LogP contribution in [0.3, 0.4) is 0 Å². The Labute approximate surface area is 200 Å². The minimum Gasteiger partial charge on any atom is -0.491 e. The van der Waals surface area contributed by atoms with Gasteiger partial charge in [0, 0.05) is 39.0 Å². The summed E-state index contributed by atoms with van der Waals surface area (Å²) in [5.74, 6) is -0.160. The van der Waals surface area contributed by atoms with Crippen LogP contribution >= 0.6 is 0 Å². The van der Waals surface area contributed by atoms with Crippen LogP contribution in [0.2, 0.25) is 0 Å². The quantitative estimate of drug-likeness (QED) is 0.708. The third-order valence-electron chi connectivity index (χ3n) is 6.14. The fourth-order valence-electron chi connectivity index (χ4n) is 3.88. The number of ether oxygens (including phenoxy) is 2. The number of hydrogen-bond acceptors (Lipinski definition) is 5. The summed E-state index contributed by atoms with van der Waals surface area (Å²) in [6.45, 7) is 5.77. The Morgan fingerprint density at radius 2 is 1.85 bits per heavy atom. The minimum absolute atomic E-state index is 0.0586. The summed E-state index contributed by atoms with van der Waals surface area (Å²) in [7, 11) is 5.41. The van der Waals surface area contributed by atoms with E-state index in [0.29, 0.717) is 30.2 Å². The van der Waals surface area contributed by atoms with Gasteiger partial charge in [-0.3, -0.25) is 9.69 Å². The third kappa shape index (κ3) is 6.24. The van der Waals surface area contributed by atoms with Gasteiger partial charge in [-0.05, 0) is 50.2 Å². The fourth-order valence-corrected chi connectivity index (χ4v) is 3.88. The van der Waals surface area contributed by atoms with Crippen LogP contribution < -0.4 is 15.4 Å². The van der Waals surface area contributed by atoms with Crippen molar-refractivity contribution < 1.29 is 23.5 Å². The number of benzene rings is 2. The maximum absolute atomic E-state index is 13.8. The van der Waals surface area contributed by atoms with Crippen molar-refractivity contribution in [3.63, 3.8) is 0 Å².